The minimum absolute atomic E-state index is 0.124. The maximum absolute atomic E-state index is 14.5. The van der Waals surface area contributed by atoms with Crippen LogP contribution in [0.4, 0.5) is 29.2 Å². The first-order valence-electron chi connectivity index (χ1n) is 8.16. The molecule has 0 aliphatic heterocycles. The Morgan fingerprint density at radius 3 is 2.72 bits per heavy atom. The Balaban J connectivity index is 1.89. The van der Waals surface area contributed by atoms with Gasteiger partial charge in [-0.25, -0.2) is 9.37 Å². The highest BCUT2D eigenvalue weighted by Gasteiger charge is 2.33. The van der Waals surface area contributed by atoms with E-state index in [1.165, 1.54) is 0 Å². The molecular formula is C18H11ClF4N4O2. The summed E-state index contributed by atoms with van der Waals surface area (Å²) in [6.07, 6.45) is -3.21. The normalized spacial score (nSPS) is 12.0. The van der Waals surface area contributed by atoms with Crippen molar-refractivity contribution in [1.82, 2.24) is 14.5 Å². The summed E-state index contributed by atoms with van der Waals surface area (Å²) in [7, 11) is 0. The van der Waals surface area contributed by atoms with E-state index in [4.69, 9.17) is 11.6 Å². The second kappa shape index (κ2) is 6.66. The van der Waals surface area contributed by atoms with Crippen molar-refractivity contribution in [3.8, 4) is 0 Å². The van der Waals surface area contributed by atoms with Gasteiger partial charge in [0.2, 0.25) is 5.95 Å². The number of imidazole rings is 1. The van der Waals surface area contributed by atoms with Gasteiger partial charge in [-0.05, 0) is 30.3 Å². The number of hydrogen-bond donors (Lipinski definition) is 3. The number of H-pyrrole nitrogens is 1. The highest BCUT2D eigenvalue weighted by Crippen LogP contribution is 2.35. The van der Waals surface area contributed by atoms with Gasteiger partial charge in [-0.15, -0.1) is 0 Å². The van der Waals surface area contributed by atoms with Crippen LogP contribution in [0.1, 0.15) is 5.56 Å². The zero-order valence-electron chi connectivity index (χ0n) is 14.3. The monoisotopic (exact) mass is 426 g/mol. The Morgan fingerprint density at radius 2 is 2.03 bits per heavy atom. The quantitative estimate of drug-likeness (QED) is 0.394. The van der Waals surface area contributed by atoms with Crippen molar-refractivity contribution >= 4 is 51.1 Å². The number of alkyl halides is 3. The lowest BCUT2D eigenvalue weighted by molar-refractivity contribution is -0.138. The third-order valence-electron chi connectivity index (χ3n) is 4.31. The lowest BCUT2D eigenvalue weighted by Crippen LogP contribution is -2.12. The van der Waals surface area contributed by atoms with Gasteiger partial charge in [0.25, 0.3) is 0 Å². The average molecular weight is 427 g/mol. The Kier molecular flexibility index (Phi) is 4.38. The van der Waals surface area contributed by atoms with Gasteiger partial charge in [0.1, 0.15) is 17.9 Å². The van der Waals surface area contributed by atoms with Crippen LogP contribution >= 0.6 is 11.6 Å². The van der Waals surface area contributed by atoms with Crippen LogP contribution in [0, 0.1) is 5.82 Å². The first kappa shape index (κ1) is 19.1. The molecule has 0 saturated heterocycles. The number of benzene rings is 2. The van der Waals surface area contributed by atoms with Crippen molar-refractivity contribution in [2.24, 2.45) is 0 Å². The molecule has 6 nitrogen and oxygen atoms in total. The van der Waals surface area contributed by atoms with Crippen LogP contribution in [0.15, 0.2) is 36.5 Å². The molecule has 3 N–H and O–H groups in total. The van der Waals surface area contributed by atoms with Gasteiger partial charge in [-0.2, -0.15) is 13.2 Å². The number of anilines is 2. The number of rotatable bonds is 4. The predicted molar refractivity (Wildman–Crippen MR) is 98.9 cm³/mol. The SMILES string of the molecule is O=C(O)Cn1c(Nc2c[nH]c3ccc(Cl)cc23)nc2cc(C(F)(F)F)cc(F)c21. The number of carboxylic acid groups (broad SMARTS) is 1. The summed E-state index contributed by atoms with van der Waals surface area (Å²) in [4.78, 5) is 18.2. The van der Waals surface area contributed by atoms with Crippen LogP contribution in [0.2, 0.25) is 5.02 Å². The fourth-order valence-corrected chi connectivity index (χ4v) is 3.25. The zero-order valence-corrected chi connectivity index (χ0v) is 15.1. The number of aromatic amines is 1. The second-order valence-electron chi connectivity index (χ2n) is 6.26. The van der Waals surface area contributed by atoms with E-state index in [9.17, 15) is 27.5 Å². The van der Waals surface area contributed by atoms with E-state index in [1.54, 1.807) is 24.4 Å². The molecule has 29 heavy (non-hydrogen) atoms. The van der Waals surface area contributed by atoms with E-state index in [0.717, 1.165) is 4.57 Å². The first-order valence-corrected chi connectivity index (χ1v) is 8.53. The summed E-state index contributed by atoms with van der Waals surface area (Å²) in [6.45, 7) is -0.704. The molecule has 0 aliphatic rings. The molecule has 11 heteroatoms. The molecular weight excluding hydrogens is 416 g/mol. The smallest absolute Gasteiger partial charge is 0.416 e. The van der Waals surface area contributed by atoms with Gasteiger partial charge in [-0.1, -0.05) is 11.6 Å². The zero-order chi connectivity index (χ0) is 20.9. The molecule has 0 bridgehead atoms. The molecule has 0 unspecified atom stereocenters. The molecule has 150 valence electrons. The predicted octanol–water partition coefficient (Wildman–Crippen LogP) is 5.16. The molecule has 2 heterocycles. The number of aliphatic carboxylic acids is 1. The van der Waals surface area contributed by atoms with Crippen molar-refractivity contribution in [3.05, 3.63) is 52.9 Å². The molecule has 2 aromatic heterocycles. The van der Waals surface area contributed by atoms with Gasteiger partial charge in [-0.3, -0.25) is 9.36 Å². The lowest BCUT2D eigenvalue weighted by atomic mass is 10.2. The van der Waals surface area contributed by atoms with Crippen LogP contribution in [0.25, 0.3) is 21.9 Å². The van der Waals surface area contributed by atoms with Crippen molar-refractivity contribution in [2.75, 3.05) is 5.32 Å². The molecule has 0 fully saturated rings. The van der Waals surface area contributed by atoms with E-state index in [-0.39, 0.29) is 17.0 Å². The van der Waals surface area contributed by atoms with E-state index in [0.29, 0.717) is 33.7 Å². The van der Waals surface area contributed by atoms with E-state index >= 15 is 0 Å². The Labute approximate surface area is 164 Å². The average Bonchev–Trinajstić information content (AvgIpc) is 3.16. The van der Waals surface area contributed by atoms with Crippen LogP contribution in [0.3, 0.4) is 0 Å². The fourth-order valence-electron chi connectivity index (χ4n) is 3.08. The number of halogens is 5. The van der Waals surface area contributed by atoms with Crippen molar-refractivity contribution in [2.45, 2.75) is 12.7 Å². The molecule has 0 aliphatic carbocycles. The number of aromatic nitrogens is 3. The summed E-state index contributed by atoms with van der Waals surface area (Å²) in [5.41, 5.74) is -0.725. The fraction of sp³-hybridized carbons (Fsp3) is 0.111. The van der Waals surface area contributed by atoms with Crippen molar-refractivity contribution in [1.29, 1.82) is 0 Å². The Hall–Kier alpha value is -3.27. The standard InChI is InChI=1S/C18H11ClF4N4O2/c19-9-1-2-12-10(5-9)14(6-24-12)26-17-25-13-4-8(18(21,22)23)3-11(20)16(13)27(17)7-15(28)29/h1-6,24H,7H2,(H,25,26)(H,28,29). The largest absolute Gasteiger partial charge is 0.480 e. The summed E-state index contributed by atoms with van der Waals surface area (Å²) >= 11 is 6.00. The van der Waals surface area contributed by atoms with Crippen molar-refractivity contribution < 1.29 is 27.5 Å². The molecule has 0 atom stereocenters. The molecule has 0 spiro atoms. The number of carbonyl (C=O) groups is 1. The third kappa shape index (κ3) is 3.46. The highest BCUT2D eigenvalue weighted by molar-refractivity contribution is 6.31. The Morgan fingerprint density at radius 1 is 1.28 bits per heavy atom. The molecule has 4 rings (SSSR count). The molecule has 2 aromatic carbocycles. The summed E-state index contributed by atoms with van der Waals surface area (Å²) in [6, 6.07) is 6.02. The molecule has 0 amide bonds. The lowest BCUT2D eigenvalue weighted by Gasteiger charge is -2.09. The van der Waals surface area contributed by atoms with Gasteiger partial charge in [0, 0.05) is 22.1 Å². The van der Waals surface area contributed by atoms with Crippen LogP contribution < -0.4 is 5.32 Å². The first-order chi connectivity index (χ1) is 13.6. The van der Waals surface area contributed by atoms with Gasteiger partial charge < -0.3 is 15.4 Å². The summed E-state index contributed by atoms with van der Waals surface area (Å²) < 4.78 is 54.5. The third-order valence-corrected chi connectivity index (χ3v) is 4.54. The number of carboxylic acids is 1. The highest BCUT2D eigenvalue weighted by atomic mass is 35.5. The summed E-state index contributed by atoms with van der Waals surface area (Å²) in [5, 5.41) is 13.1. The molecule has 0 saturated carbocycles. The van der Waals surface area contributed by atoms with Crippen LogP contribution in [-0.4, -0.2) is 25.6 Å². The Bertz CT molecular complexity index is 1260. The number of hydrogen-bond acceptors (Lipinski definition) is 3. The van der Waals surface area contributed by atoms with Gasteiger partial charge in [0.05, 0.1) is 16.8 Å². The minimum atomic E-state index is -4.77. The maximum atomic E-state index is 14.5. The van der Waals surface area contributed by atoms with Gasteiger partial charge in [0.15, 0.2) is 0 Å². The number of nitrogens with one attached hydrogen (secondary N) is 2. The second-order valence-corrected chi connectivity index (χ2v) is 6.69. The maximum Gasteiger partial charge on any atom is 0.416 e. The summed E-state index contributed by atoms with van der Waals surface area (Å²) in [5.74, 6) is -2.66. The van der Waals surface area contributed by atoms with Crippen molar-refractivity contribution in [3.63, 3.8) is 0 Å². The van der Waals surface area contributed by atoms with Gasteiger partial charge >= 0.3 is 12.1 Å². The molecule has 0 radical (unpaired) electrons. The van der Waals surface area contributed by atoms with E-state index in [1.807, 2.05) is 0 Å². The van der Waals surface area contributed by atoms with E-state index < -0.39 is 30.1 Å². The van der Waals surface area contributed by atoms with Crippen LogP contribution in [-0.2, 0) is 17.5 Å². The minimum Gasteiger partial charge on any atom is -0.480 e. The number of nitrogens with zero attached hydrogens (tertiary/aromatic N) is 2. The number of fused-ring (bicyclic) bond motifs is 2. The van der Waals surface area contributed by atoms with E-state index in [2.05, 4.69) is 15.3 Å². The topological polar surface area (TPSA) is 82.9 Å². The molecule has 4 aromatic rings. The van der Waals surface area contributed by atoms with Crippen LogP contribution in [0.5, 0.6) is 0 Å².